The molecule has 33 heavy (non-hydrogen) atoms. The van der Waals surface area contributed by atoms with Gasteiger partial charge >= 0.3 is 6.18 Å². The fraction of sp³-hybridized carbons (Fsp3) is 0.375. The van der Waals surface area contributed by atoms with E-state index in [1.165, 1.54) is 12.1 Å². The minimum absolute atomic E-state index is 0.0498. The first-order chi connectivity index (χ1) is 15.8. The molecule has 0 radical (unpaired) electrons. The van der Waals surface area contributed by atoms with Gasteiger partial charge in [0.15, 0.2) is 5.16 Å². The fourth-order valence-corrected chi connectivity index (χ4v) is 4.45. The molecule has 2 aromatic carbocycles. The van der Waals surface area contributed by atoms with E-state index >= 15 is 0 Å². The monoisotopic (exact) mass is 477 g/mol. The molecule has 1 heterocycles. The molecular formula is C24H26F3N3O2S. The summed E-state index contributed by atoms with van der Waals surface area (Å²) in [6, 6.07) is 11.2. The maximum atomic E-state index is 13.3. The standard InChI is InChI=1S/C24H26F3N3O2S/c1-3-5-8-14-28-21(31)20(4-2)33-23-29-19-13-7-6-12-18(19)22(32)30(23)17-11-9-10-16(15-17)24(25,26)27/h6-7,9-13,15,20H,3-5,8,14H2,1-2H3,(H,28,31). The number of hydrogen-bond acceptors (Lipinski definition) is 4. The van der Waals surface area contributed by atoms with E-state index in [-0.39, 0.29) is 22.1 Å². The Labute approximate surface area is 194 Å². The van der Waals surface area contributed by atoms with Crippen LogP contribution >= 0.6 is 11.8 Å². The van der Waals surface area contributed by atoms with Crippen LogP contribution in [-0.4, -0.2) is 27.3 Å². The lowest BCUT2D eigenvalue weighted by molar-refractivity contribution is -0.137. The first-order valence-electron chi connectivity index (χ1n) is 10.9. The van der Waals surface area contributed by atoms with Crippen LogP contribution in [-0.2, 0) is 11.0 Å². The maximum absolute atomic E-state index is 13.3. The van der Waals surface area contributed by atoms with Crippen LogP contribution in [0.1, 0.15) is 45.1 Å². The Hall–Kier alpha value is -2.81. The zero-order valence-corrected chi connectivity index (χ0v) is 19.3. The molecule has 0 fully saturated rings. The molecule has 0 saturated heterocycles. The SMILES string of the molecule is CCCCCNC(=O)C(CC)Sc1nc2ccccc2c(=O)n1-c1cccc(C(F)(F)F)c1. The van der Waals surface area contributed by atoms with Gasteiger partial charge in [0, 0.05) is 6.54 Å². The van der Waals surface area contributed by atoms with E-state index in [0.29, 0.717) is 18.5 Å². The number of benzene rings is 2. The summed E-state index contributed by atoms with van der Waals surface area (Å²) in [4.78, 5) is 30.6. The van der Waals surface area contributed by atoms with Crippen LogP contribution < -0.4 is 10.9 Å². The zero-order valence-electron chi connectivity index (χ0n) is 18.5. The van der Waals surface area contributed by atoms with Gasteiger partial charge in [0.1, 0.15) is 0 Å². The van der Waals surface area contributed by atoms with E-state index in [9.17, 15) is 22.8 Å². The Morgan fingerprint density at radius 1 is 1.12 bits per heavy atom. The lowest BCUT2D eigenvalue weighted by Gasteiger charge is -2.18. The van der Waals surface area contributed by atoms with Crippen LogP contribution in [0.25, 0.3) is 16.6 Å². The highest BCUT2D eigenvalue weighted by Crippen LogP contribution is 2.32. The second-order valence-electron chi connectivity index (χ2n) is 7.61. The molecule has 0 aliphatic carbocycles. The number of rotatable bonds is 9. The third kappa shape index (κ3) is 5.96. The van der Waals surface area contributed by atoms with Crippen molar-refractivity contribution in [2.24, 2.45) is 0 Å². The van der Waals surface area contributed by atoms with E-state index in [1.807, 2.05) is 6.92 Å². The van der Waals surface area contributed by atoms with E-state index < -0.39 is 22.5 Å². The number of aromatic nitrogens is 2. The Bertz CT molecular complexity index is 1180. The van der Waals surface area contributed by atoms with Crippen molar-refractivity contribution in [1.29, 1.82) is 0 Å². The van der Waals surface area contributed by atoms with Crippen molar-refractivity contribution in [1.82, 2.24) is 14.9 Å². The summed E-state index contributed by atoms with van der Waals surface area (Å²) in [5.74, 6) is -0.184. The molecule has 0 spiro atoms. The summed E-state index contributed by atoms with van der Waals surface area (Å²) in [7, 11) is 0. The van der Waals surface area contributed by atoms with Crippen molar-refractivity contribution >= 4 is 28.6 Å². The van der Waals surface area contributed by atoms with Gasteiger partial charge in [-0.2, -0.15) is 13.2 Å². The van der Waals surface area contributed by atoms with Crippen LogP contribution in [0.4, 0.5) is 13.2 Å². The van der Waals surface area contributed by atoms with Gasteiger partial charge in [-0.05, 0) is 43.2 Å². The van der Waals surface area contributed by atoms with Crippen LogP contribution in [0.5, 0.6) is 0 Å². The van der Waals surface area contributed by atoms with Gasteiger partial charge in [0.2, 0.25) is 5.91 Å². The molecule has 1 amide bonds. The van der Waals surface area contributed by atoms with Crippen molar-refractivity contribution in [2.45, 2.75) is 56.1 Å². The number of unbranched alkanes of at least 4 members (excludes halogenated alkanes) is 2. The third-order valence-electron chi connectivity index (χ3n) is 5.17. The predicted molar refractivity (Wildman–Crippen MR) is 125 cm³/mol. The molecule has 1 atom stereocenters. The minimum atomic E-state index is -4.55. The van der Waals surface area contributed by atoms with Gasteiger partial charge in [-0.15, -0.1) is 0 Å². The molecule has 1 aromatic heterocycles. The van der Waals surface area contributed by atoms with Crippen LogP contribution in [0.2, 0.25) is 0 Å². The number of hydrogen-bond donors (Lipinski definition) is 1. The van der Waals surface area contributed by atoms with Gasteiger partial charge in [-0.25, -0.2) is 4.98 Å². The highest BCUT2D eigenvalue weighted by Gasteiger charge is 2.31. The van der Waals surface area contributed by atoms with Gasteiger partial charge < -0.3 is 5.32 Å². The summed E-state index contributed by atoms with van der Waals surface area (Å²) >= 11 is 1.08. The average molecular weight is 478 g/mol. The average Bonchev–Trinajstić information content (AvgIpc) is 2.80. The first-order valence-corrected chi connectivity index (χ1v) is 11.8. The molecule has 1 N–H and O–H groups in total. The highest BCUT2D eigenvalue weighted by atomic mass is 32.2. The number of thioether (sulfide) groups is 1. The van der Waals surface area contributed by atoms with Gasteiger partial charge in [0.25, 0.3) is 5.56 Å². The first kappa shape index (κ1) is 24.8. The van der Waals surface area contributed by atoms with Gasteiger partial charge in [-0.3, -0.25) is 14.2 Å². The maximum Gasteiger partial charge on any atom is 0.416 e. The molecule has 1 unspecified atom stereocenters. The van der Waals surface area contributed by atoms with Crippen molar-refractivity contribution in [3.63, 3.8) is 0 Å². The molecule has 9 heteroatoms. The Kier molecular flexibility index (Phi) is 8.18. The summed E-state index contributed by atoms with van der Waals surface area (Å²) in [5, 5.41) is 2.82. The van der Waals surface area contributed by atoms with E-state index in [4.69, 9.17) is 0 Å². The molecule has 3 rings (SSSR count). The largest absolute Gasteiger partial charge is 0.416 e. The Balaban J connectivity index is 2.06. The molecule has 0 saturated carbocycles. The normalized spacial score (nSPS) is 12.6. The van der Waals surface area contributed by atoms with Crippen LogP contribution in [0, 0.1) is 0 Å². The zero-order chi connectivity index (χ0) is 24.0. The summed E-state index contributed by atoms with van der Waals surface area (Å²) in [6.07, 6.45) is -1.18. The lowest BCUT2D eigenvalue weighted by atomic mass is 10.2. The van der Waals surface area contributed by atoms with Gasteiger partial charge in [-0.1, -0.05) is 56.7 Å². The van der Waals surface area contributed by atoms with Gasteiger partial charge in [0.05, 0.1) is 27.4 Å². The van der Waals surface area contributed by atoms with Crippen molar-refractivity contribution in [3.05, 3.63) is 64.4 Å². The molecule has 0 aliphatic heterocycles. The molecule has 5 nitrogen and oxygen atoms in total. The smallest absolute Gasteiger partial charge is 0.355 e. The summed E-state index contributed by atoms with van der Waals surface area (Å²) < 4.78 is 41.1. The second-order valence-corrected chi connectivity index (χ2v) is 8.78. The third-order valence-corrected chi connectivity index (χ3v) is 6.48. The predicted octanol–water partition coefficient (Wildman–Crippen LogP) is 5.58. The number of para-hydroxylation sites is 1. The number of carbonyl (C=O) groups excluding carboxylic acids is 1. The van der Waals surface area contributed by atoms with Crippen molar-refractivity contribution in [3.8, 4) is 5.69 Å². The Morgan fingerprint density at radius 2 is 1.88 bits per heavy atom. The Morgan fingerprint density at radius 3 is 2.58 bits per heavy atom. The number of alkyl halides is 3. The second kappa shape index (κ2) is 10.9. The van der Waals surface area contributed by atoms with E-state index in [1.54, 1.807) is 24.3 Å². The number of nitrogens with one attached hydrogen (secondary N) is 1. The number of halogens is 3. The molecule has 0 aliphatic rings. The van der Waals surface area contributed by atoms with Crippen LogP contribution in [0.3, 0.4) is 0 Å². The van der Waals surface area contributed by atoms with Crippen molar-refractivity contribution in [2.75, 3.05) is 6.54 Å². The quantitative estimate of drug-likeness (QED) is 0.248. The van der Waals surface area contributed by atoms with E-state index in [2.05, 4.69) is 17.2 Å². The highest BCUT2D eigenvalue weighted by molar-refractivity contribution is 8.00. The number of nitrogens with zero attached hydrogens (tertiary/aromatic N) is 2. The van der Waals surface area contributed by atoms with Crippen molar-refractivity contribution < 1.29 is 18.0 Å². The lowest BCUT2D eigenvalue weighted by Crippen LogP contribution is -2.34. The topological polar surface area (TPSA) is 64.0 Å². The molecular weight excluding hydrogens is 451 g/mol. The fourth-order valence-electron chi connectivity index (χ4n) is 3.39. The van der Waals surface area contributed by atoms with Crippen LogP contribution in [0.15, 0.2) is 58.5 Å². The minimum Gasteiger partial charge on any atom is -0.355 e. The molecule has 3 aromatic rings. The summed E-state index contributed by atoms with van der Waals surface area (Å²) in [6.45, 7) is 4.47. The molecule has 0 bridgehead atoms. The number of fused-ring (bicyclic) bond motifs is 1. The summed E-state index contributed by atoms with van der Waals surface area (Å²) in [5.41, 5.74) is -0.877. The van der Waals surface area contributed by atoms with E-state index in [0.717, 1.165) is 47.7 Å². The number of carbonyl (C=O) groups is 1. The molecule has 176 valence electrons. The number of amides is 1.